The largest absolute Gasteiger partial charge is 0.508 e. The lowest BCUT2D eigenvalue weighted by Gasteiger charge is -2.24. The topological polar surface area (TPSA) is 257 Å². The van der Waals surface area contributed by atoms with Gasteiger partial charge in [-0.2, -0.15) is 11.8 Å². The molecule has 1 aromatic rings. The van der Waals surface area contributed by atoms with Crippen molar-refractivity contribution >= 4 is 47.3 Å². The number of nitrogens with one attached hydrogen (secondary N) is 3. The van der Waals surface area contributed by atoms with Gasteiger partial charge >= 0.3 is 5.97 Å². The monoisotopic (exact) mass is 554 g/mol. The van der Waals surface area contributed by atoms with Crippen molar-refractivity contribution in [1.29, 1.82) is 0 Å². The number of hydrogen-bond acceptors (Lipinski definition) is 9. The Labute approximate surface area is 223 Å². The van der Waals surface area contributed by atoms with Gasteiger partial charge in [0.25, 0.3) is 0 Å². The molecule has 5 amide bonds. The van der Waals surface area contributed by atoms with Crippen LogP contribution >= 0.6 is 11.8 Å². The molecule has 1 rings (SSSR count). The Morgan fingerprint density at radius 3 is 1.92 bits per heavy atom. The van der Waals surface area contributed by atoms with Gasteiger partial charge in [0.2, 0.25) is 29.5 Å². The molecule has 0 aliphatic rings. The van der Waals surface area contributed by atoms with E-state index in [1.165, 1.54) is 23.9 Å². The molecule has 11 N–H and O–H groups in total. The van der Waals surface area contributed by atoms with Crippen molar-refractivity contribution in [1.82, 2.24) is 16.0 Å². The fraction of sp³-hybridized carbons (Fsp3) is 0.478. The third-order valence-electron chi connectivity index (χ3n) is 5.30. The number of hydrogen-bond donors (Lipinski definition) is 8. The van der Waals surface area contributed by atoms with Gasteiger partial charge in [-0.1, -0.05) is 12.1 Å². The summed E-state index contributed by atoms with van der Waals surface area (Å²) in [6.07, 6.45) is 0.718. The minimum Gasteiger partial charge on any atom is -0.508 e. The Hall–Kier alpha value is -3.85. The summed E-state index contributed by atoms with van der Waals surface area (Å²) < 4.78 is 0. The standard InChI is InChI=1S/C23H34N6O8S/c1-38-9-8-16(23(36)37)28-21(34)15(6-7-18(25)31)27-22(35)17(11-19(26)32)29-20(33)14(24)10-12-2-4-13(30)5-3-12/h2-5,14-17,30H,6-11,24H2,1H3,(H2,25,31)(H2,26,32)(H,27,35)(H,28,34)(H,29,33)(H,36,37). The molecule has 0 saturated carbocycles. The lowest BCUT2D eigenvalue weighted by molar-refractivity contribution is -0.142. The number of aliphatic carboxylic acids is 1. The van der Waals surface area contributed by atoms with Gasteiger partial charge in [-0.05, 0) is 49.0 Å². The van der Waals surface area contributed by atoms with Crippen LogP contribution in [0.15, 0.2) is 24.3 Å². The van der Waals surface area contributed by atoms with Gasteiger partial charge < -0.3 is 43.4 Å². The lowest BCUT2D eigenvalue weighted by Crippen LogP contribution is -2.58. The van der Waals surface area contributed by atoms with Crippen molar-refractivity contribution in [3.63, 3.8) is 0 Å². The summed E-state index contributed by atoms with van der Waals surface area (Å²) in [5.74, 6) is -5.17. The van der Waals surface area contributed by atoms with E-state index in [0.29, 0.717) is 11.3 Å². The van der Waals surface area contributed by atoms with Gasteiger partial charge in [0, 0.05) is 6.42 Å². The van der Waals surface area contributed by atoms with Crippen molar-refractivity contribution in [2.45, 2.75) is 56.3 Å². The second kappa shape index (κ2) is 16.1. The third kappa shape index (κ3) is 11.9. The molecule has 38 heavy (non-hydrogen) atoms. The third-order valence-corrected chi connectivity index (χ3v) is 5.95. The molecule has 210 valence electrons. The van der Waals surface area contributed by atoms with Crippen LogP contribution in [0.3, 0.4) is 0 Å². The number of carbonyl (C=O) groups excluding carboxylic acids is 5. The highest BCUT2D eigenvalue weighted by Gasteiger charge is 2.31. The number of carboxylic acids is 1. The second-order valence-electron chi connectivity index (χ2n) is 8.46. The molecule has 0 saturated heterocycles. The Morgan fingerprint density at radius 1 is 0.842 bits per heavy atom. The van der Waals surface area contributed by atoms with E-state index in [1.807, 2.05) is 0 Å². The van der Waals surface area contributed by atoms with Crippen molar-refractivity contribution in [3.05, 3.63) is 29.8 Å². The van der Waals surface area contributed by atoms with Crippen molar-refractivity contribution in [2.75, 3.05) is 12.0 Å². The van der Waals surface area contributed by atoms with Crippen molar-refractivity contribution in [3.8, 4) is 5.75 Å². The predicted octanol–water partition coefficient (Wildman–Crippen LogP) is -2.30. The van der Waals surface area contributed by atoms with Crippen molar-refractivity contribution < 1.29 is 39.0 Å². The number of phenolic OH excluding ortho intramolecular Hbond substituents is 1. The Balaban J connectivity index is 2.99. The number of amides is 5. The molecular weight excluding hydrogens is 520 g/mol. The Kier molecular flexibility index (Phi) is 13.6. The van der Waals surface area contributed by atoms with Crippen LogP contribution in [-0.4, -0.2) is 81.9 Å². The summed E-state index contributed by atoms with van der Waals surface area (Å²) in [5, 5.41) is 25.7. The van der Waals surface area contributed by atoms with E-state index in [2.05, 4.69) is 16.0 Å². The maximum absolute atomic E-state index is 13.0. The average molecular weight is 555 g/mol. The van der Waals surface area contributed by atoms with Crippen LogP contribution in [0.25, 0.3) is 0 Å². The second-order valence-corrected chi connectivity index (χ2v) is 9.44. The van der Waals surface area contributed by atoms with Gasteiger partial charge in [0.05, 0.1) is 12.5 Å². The number of carbonyl (C=O) groups is 6. The van der Waals surface area contributed by atoms with Gasteiger partial charge in [-0.25, -0.2) is 4.79 Å². The summed E-state index contributed by atoms with van der Waals surface area (Å²) >= 11 is 1.38. The summed E-state index contributed by atoms with van der Waals surface area (Å²) in [6.45, 7) is 0. The molecule has 14 nitrogen and oxygen atoms in total. The van der Waals surface area contributed by atoms with E-state index in [4.69, 9.17) is 17.2 Å². The molecular formula is C23H34N6O8S. The highest BCUT2D eigenvalue weighted by Crippen LogP contribution is 2.11. The van der Waals surface area contributed by atoms with Crippen LogP contribution in [0.2, 0.25) is 0 Å². The van der Waals surface area contributed by atoms with Crippen LogP contribution in [0, 0.1) is 0 Å². The van der Waals surface area contributed by atoms with Gasteiger partial charge in [-0.3, -0.25) is 24.0 Å². The quantitative estimate of drug-likeness (QED) is 0.102. The molecule has 0 bridgehead atoms. The number of nitrogens with two attached hydrogens (primary N) is 3. The molecule has 4 unspecified atom stereocenters. The lowest BCUT2D eigenvalue weighted by atomic mass is 10.0. The molecule has 4 atom stereocenters. The smallest absolute Gasteiger partial charge is 0.326 e. The number of rotatable bonds is 17. The molecule has 0 heterocycles. The predicted molar refractivity (Wildman–Crippen MR) is 138 cm³/mol. The van der Waals surface area contributed by atoms with Gasteiger partial charge in [-0.15, -0.1) is 0 Å². The van der Waals surface area contributed by atoms with Crippen molar-refractivity contribution in [2.24, 2.45) is 17.2 Å². The molecule has 0 radical (unpaired) electrons. The molecule has 0 fully saturated rings. The van der Waals surface area contributed by atoms with E-state index in [-0.39, 0.29) is 31.4 Å². The Morgan fingerprint density at radius 2 is 1.39 bits per heavy atom. The molecule has 15 heteroatoms. The average Bonchev–Trinajstić information content (AvgIpc) is 2.84. The molecule has 0 spiro atoms. The first-order valence-corrected chi connectivity index (χ1v) is 13.0. The normalized spacial score (nSPS) is 13.8. The number of thioether (sulfide) groups is 1. The summed E-state index contributed by atoms with van der Waals surface area (Å²) in [4.78, 5) is 72.8. The van der Waals surface area contributed by atoms with E-state index in [0.717, 1.165) is 0 Å². The molecule has 0 aliphatic carbocycles. The van der Waals surface area contributed by atoms with Crippen LogP contribution in [0.4, 0.5) is 0 Å². The fourth-order valence-corrected chi connectivity index (χ4v) is 3.73. The number of primary amides is 2. The SMILES string of the molecule is CSCCC(NC(=O)C(CCC(N)=O)NC(=O)C(CC(N)=O)NC(=O)C(N)Cc1ccc(O)cc1)C(=O)O. The number of phenols is 1. The number of carboxylic acid groups (broad SMARTS) is 1. The highest BCUT2D eigenvalue weighted by molar-refractivity contribution is 7.98. The van der Waals surface area contributed by atoms with Gasteiger partial charge in [0.15, 0.2) is 0 Å². The summed E-state index contributed by atoms with van der Waals surface area (Å²) in [5.41, 5.74) is 16.9. The first-order valence-electron chi connectivity index (χ1n) is 11.6. The molecule has 1 aromatic carbocycles. The van der Waals surface area contributed by atoms with Gasteiger partial charge in [0.1, 0.15) is 23.9 Å². The zero-order chi connectivity index (χ0) is 28.8. The van der Waals surface area contributed by atoms with E-state index < -0.39 is 66.1 Å². The summed E-state index contributed by atoms with van der Waals surface area (Å²) in [7, 11) is 0. The highest BCUT2D eigenvalue weighted by atomic mass is 32.2. The van der Waals surface area contributed by atoms with Crippen LogP contribution in [-0.2, 0) is 35.2 Å². The van der Waals surface area contributed by atoms with Crippen LogP contribution < -0.4 is 33.2 Å². The first kappa shape index (κ1) is 32.2. The van der Waals surface area contributed by atoms with Crippen LogP contribution in [0.1, 0.15) is 31.2 Å². The molecule has 0 aromatic heterocycles. The van der Waals surface area contributed by atoms with E-state index in [1.54, 1.807) is 18.4 Å². The maximum atomic E-state index is 13.0. The zero-order valence-corrected chi connectivity index (χ0v) is 21.7. The first-order chi connectivity index (χ1) is 17.8. The number of aromatic hydroxyl groups is 1. The Bertz CT molecular complexity index is 1010. The van der Waals surface area contributed by atoms with Crippen LogP contribution in [0.5, 0.6) is 5.75 Å². The summed E-state index contributed by atoms with van der Waals surface area (Å²) in [6, 6.07) is 0.646. The number of benzene rings is 1. The minimum atomic E-state index is -1.51. The molecule has 0 aliphatic heterocycles. The van der Waals surface area contributed by atoms with E-state index >= 15 is 0 Å². The minimum absolute atomic E-state index is 0.0267. The fourth-order valence-electron chi connectivity index (χ4n) is 3.26. The zero-order valence-electron chi connectivity index (χ0n) is 20.8. The maximum Gasteiger partial charge on any atom is 0.326 e. The van der Waals surface area contributed by atoms with E-state index in [9.17, 15) is 39.0 Å².